The summed E-state index contributed by atoms with van der Waals surface area (Å²) in [4.78, 5) is 6.57. The molecule has 1 fully saturated rings. The number of hydrogen-bond acceptors (Lipinski definition) is 5. The lowest BCUT2D eigenvalue weighted by atomic mass is 10.3. The lowest BCUT2D eigenvalue weighted by Gasteiger charge is -2.13. The molecule has 1 aromatic heterocycles. The maximum absolute atomic E-state index is 5.37. The van der Waals surface area contributed by atoms with E-state index in [-0.39, 0.29) is 12.2 Å². The van der Waals surface area contributed by atoms with Crippen LogP contribution in [-0.4, -0.2) is 44.5 Å². The van der Waals surface area contributed by atoms with Gasteiger partial charge in [0.1, 0.15) is 16.8 Å². The van der Waals surface area contributed by atoms with Gasteiger partial charge in [-0.1, -0.05) is 0 Å². The zero-order valence-electron chi connectivity index (χ0n) is 8.64. The molecule has 15 heavy (non-hydrogen) atoms. The summed E-state index contributed by atoms with van der Waals surface area (Å²) in [6, 6.07) is 0. The highest BCUT2D eigenvalue weighted by Crippen LogP contribution is 2.28. The van der Waals surface area contributed by atoms with Gasteiger partial charge < -0.3 is 14.4 Å². The van der Waals surface area contributed by atoms with E-state index in [0.29, 0.717) is 0 Å². The highest BCUT2D eigenvalue weighted by Gasteiger charge is 2.34. The molecule has 1 aromatic rings. The normalized spacial score (nSPS) is 26.2. The number of hydrogen-bond donors (Lipinski definition) is 0. The molecule has 4 nitrogen and oxygen atoms in total. The Morgan fingerprint density at radius 2 is 2.00 bits per heavy atom. The van der Waals surface area contributed by atoms with E-state index >= 15 is 0 Å². The SMILES string of the molecule is COC1CN(c2nc(Br)cs2)CC1OC. The first kappa shape index (κ1) is 11.3. The van der Waals surface area contributed by atoms with Gasteiger partial charge in [0.05, 0.1) is 0 Å². The van der Waals surface area contributed by atoms with E-state index in [9.17, 15) is 0 Å². The third-order valence-electron chi connectivity index (χ3n) is 2.56. The number of thiazole rings is 1. The first-order valence-corrected chi connectivity index (χ1v) is 6.33. The predicted octanol–water partition coefficient (Wildman–Crippen LogP) is 1.76. The van der Waals surface area contributed by atoms with E-state index in [4.69, 9.17) is 9.47 Å². The molecule has 1 aliphatic rings. The average molecular weight is 293 g/mol. The Morgan fingerprint density at radius 1 is 1.40 bits per heavy atom. The molecule has 0 aliphatic carbocycles. The monoisotopic (exact) mass is 292 g/mol. The van der Waals surface area contributed by atoms with Crippen LogP contribution in [0.25, 0.3) is 0 Å². The van der Waals surface area contributed by atoms with Crippen molar-refractivity contribution in [3.05, 3.63) is 9.98 Å². The van der Waals surface area contributed by atoms with E-state index in [1.165, 1.54) is 0 Å². The minimum Gasteiger partial charge on any atom is -0.377 e. The zero-order chi connectivity index (χ0) is 10.8. The number of aromatic nitrogens is 1. The molecular formula is C9H13BrN2O2S. The maximum atomic E-state index is 5.37. The van der Waals surface area contributed by atoms with Gasteiger partial charge in [0, 0.05) is 32.7 Å². The Morgan fingerprint density at radius 3 is 2.40 bits per heavy atom. The molecule has 0 saturated carbocycles. The van der Waals surface area contributed by atoms with Crippen molar-refractivity contribution < 1.29 is 9.47 Å². The van der Waals surface area contributed by atoms with Gasteiger partial charge >= 0.3 is 0 Å². The van der Waals surface area contributed by atoms with Gasteiger partial charge in [-0.05, 0) is 15.9 Å². The smallest absolute Gasteiger partial charge is 0.186 e. The van der Waals surface area contributed by atoms with Crippen LogP contribution in [0.5, 0.6) is 0 Å². The van der Waals surface area contributed by atoms with Gasteiger partial charge in [-0.25, -0.2) is 4.98 Å². The lowest BCUT2D eigenvalue weighted by molar-refractivity contribution is -0.00461. The molecule has 6 heteroatoms. The van der Waals surface area contributed by atoms with E-state index in [1.807, 2.05) is 5.38 Å². The van der Waals surface area contributed by atoms with Crippen molar-refractivity contribution in [1.29, 1.82) is 0 Å². The first-order valence-electron chi connectivity index (χ1n) is 4.66. The summed E-state index contributed by atoms with van der Waals surface area (Å²) < 4.78 is 11.6. The van der Waals surface area contributed by atoms with Gasteiger partial charge in [-0.15, -0.1) is 11.3 Å². The molecule has 0 bridgehead atoms. The molecule has 2 heterocycles. The number of methoxy groups -OCH3 is 2. The Hall–Kier alpha value is -0.170. The number of halogens is 1. The average Bonchev–Trinajstić information content (AvgIpc) is 2.82. The minimum absolute atomic E-state index is 0.137. The molecule has 2 rings (SSSR count). The molecule has 0 radical (unpaired) electrons. The zero-order valence-corrected chi connectivity index (χ0v) is 11.0. The second-order valence-electron chi connectivity index (χ2n) is 3.41. The van der Waals surface area contributed by atoms with Crippen molar-refractivity contribution in [2.24, 2.45) is 0 Å². The topological polar surface area (TPSA) is 34.6 Å². The van der Waals surface area contributed by atoms with Crippen molar-refractivity contribution in [2.75, 3.05) is 32.2 Å². The predicted molar refractivity (Wildman–Crippen MR) is 63.6 cm³/mol. The fourth-order valence-corrected chi connectivity index (χ4v) is 3.01. The van der Waals surface area contributed by atoms with Crippen molar-refractivity contribution in [1.82, 2.24) is 4.98 Å². The summed E-state index contributed by atoms with van der Waals surface area (Å²) in [5, 5.41) is 3.00. The van der Waals surface area contributed by atoms with Crippen LogP contribution in [0.3, 0.4) is 0 Å². The lowest BCUT2D eigenvalue weighted by Crippen LogP contribution is -2.27. The van der Waals surface area contributed by atoms with Crippen molar-refractivity contribution >= 4 is 32.4 Å². The van der Waals surface area contributed by atoms with Crippen molar-refractivity contribution in [3.8, 4) is 0 Å². The second kappa shape index (κ2) is 4.78. The van der Waals surface area contributed by atoms with Crippen LogP contribution in [0.1, 0.15) is 0 Å². The van der Waals surface area contributed by atoms with Gasteiger partial charge in [-0.2, -0.15) is 0 Å². The van der Waals surface area contributed by atoms with E-state index in [1.54, 1.807) is 25.6 Å². The number of anilines is 1. The second-order valence-corrected chi connectivity index (χ2v) is 5.06. The van der Waals surface area contributed by atoms with Gasteiger partial charge in [0.2, 0.25) is 0 Å². The summed E-state index contributed by atoms with van der Waals surface area (Å²) in [5.41, 5.74) is 0. The fourth-order valence-electron chi connectivity index (χ4n) is 1.74. The summed E-state index contributed by atoms with van der Waals surface area (Å²) in [6.45, 7) is 1.68. The highest BCUT2D eigenvalue weighted by molar-refractivity contribution is 9.10. The van der Waals surface area contributed by atoms with Crippen molar-refractivity contribution in [3.63, 3.8) is 0 Å². The van der Waals surface area contributed by atoms with Gasteiger partial charge in [-0.3, -0.25) is 0 Å². The van der Waals surface area contributed by atoms with E-state index < -0.39 is 0 Å². The highest BCUT2D eigenvalue weighted by atomic mass is 79.9. The summed E-state index contributed by atoms with van der Waals surface area (Å²) in [6.07, 6.45) is 0.273. The van der Waals surface area contributed by atoms with Crippen LogP contribution in [0, 0.1) is 0 Å². The third kappa shape index (κ3) is 2.33. The van der Waals surface area contributed by atoms with Crippen LogP contribution >= 0.6 is 27.3 Å². The Bertz CT molecular complexity index is 322. The molecule has 84 valence electrons. The van der Waals surface area contributed by atoms with Crippen LogP contribution in [0.15, 0.2) is 9.98 Å². The molecule has 0 N–H and O–H groups in total. The summed E-state index contributed by atoms with van der Waals surface area (Å²) >= 11 is 4.98. The van der Waals surface area contributed by atoms with Crippen LogP contribution in [-0.2, 0) is 9.47 Å². The Labute approximate surface area is 101 Å². The molecular weight excluding hydrogens is 280 g/mol. The summed E-state index contributed by atoms with van der Waals surface area (Å²) in [5.74, 6) is 0. The van der Waals surface area contributed by atoms with Crippen LogP contribution < -0.4 is 4.90 Å². The van der Waals surface area contributed by atoms with E-state index in [0.717, 1.165) is 22.8 Å². The molecule has 0 amide bonds. The van der Waals surface area contributed by atoms with E-state index in [2.05, 4.69) is 25.8 Å². The standard InChI is InChI=1S/C9H13BrN2O2S/c1-13-6-3-12(4-7(6)14-2)9-11-8(10)5-15-9/h5-7H,3-4H2,1-2H3. The molecule has 2 atom stereocenters. The van der Waals surface area contributed by atoms with Crippen molar-refractivity contribution in [2.45, 2.75) is 12.2 Å². The van der Waals surface area contributed by atoms with Crippen LogP contribution in [0.4, 0.5) is 5.13 Å². The molecule has 0 spiro atoms. The molecule has 2 unspecified atom stereocenters. The number of ether oxygens (including phenoxy) is 2. The number of nitrogens with zero attached hydrogens (tertiary/aromatic N) is 2. The largest absolute Gasteiger partial charge is 0.377 e. The molecule has 0 aromatic carbocycles. The van der Waals surface area contributed by atoms with Gasteiger partial charge in [0.25, 0.3) is 0 Å². The molecule has 1 saturated heterocycles. The quantitative estimate of drug-likeness (QED) is 0.850. The Kier molecular flexibility index (Phi) is 3.60. The van der Waals surface area contributed by atoms with Crippen LogP contribution in [0.2, 0.25) is 0 Å². The first-order chi connectivity index (χ1) is 7.24. The Balaban J connectivity index is 2.07. The fraction of sp³-hybridized carbons (Fsp3) is 0.667. The van der Waals surface area contributed by atoms with Gasteiger partial charge in [0.15, 0.2) is 5.13 Å². The molecule has 1 aliphatic heterocycles. The number of rotatable bonds is 3. The minimum atomic E-state index is 0.137. The third-order valence-corrected chi connectivity index (χ3v) is 4.17. The maximum Gasteiger partial charge on any atom is 0.186 e. The summed E-state index contributed by atoms with van der Waals surface area (Å²) in [7, 11) is 3.44.